The Balaban J connectivity index is 1.95. The number of anilines is 1. The molecule has 20 heavy (non-hydrogen) atoms. The summed E-state index contributed by atoms with van der Waals surface area (Å²) in [7, 11) is 0. The van der Waals surface area contributed by atoms with Gasteiger partial charge in [-0.15, -0.1) is 0 Å². The third-order valence-corrected chi connectivity index (χ3v) is 3.89. The van der Waals surface area contributed by atoms with Crippen molar-refractivity contribution in [2.24, 2.45) is 0 Å². The van der Waals surface area contributed by atoms with E-state index in [1.165, 1.54) is 0 Å². The number of nitrogens with two attached hydrogens (primary N) is 1. The van der Waals surface area contributed by atoms with E-state index in [0.717, 1.165) is 23.0 Å². The maximum absolute atomic E-state index is 6.06. The number of halogens is 2. The molecule has 2 N–H and O–H groups in total. The number of imidazole rings is 1. The van der Waals surface area contributed by atoms with Crippen molar-refractivity contribution in [2.75, 3.05) is 5.73 Å². The van der Waals surface area contributed by atoms with Crippen LogP contribution in [-0.4, -0.2) is 14.5 Å². The van der Waals surface area contributed by atoms with Crippen molar-refractivity contribution in [1.82, 2.24) is 14.5 Å². The van der Waals surface area contributed by atoms with Gasteiger partial charge in [-0.05, 0) is 30.2 Å². The Morgan fingerprint density at radius 3 is 2.75 bits per heavy atom. The summed E-state index contributed by atoms with van der Waals surface area (Å²) in [6.45, 7) is 0.714. The summed E-state index contributed by atoms with van der Waals surface area (Å²) >= 11 is 12.1. The lowest BCUT2D eigenvalue weighted by atomic mass is 10.2. The van der Waals surface area contributed by atoms with Gasteiger partial charge in [-0.2, -0.15) is 0 Å². The van der Waals surface area contributed by atoms with Gasteiger partial charge in [-0.1, -0.05) is 29.3 Å². The molecule has 0 bridgehead atoms. The molecule has 0 aliphatic rings. The van der Waals surface area contributed by atoms with Crippen LogP contribution in [0.4, 0.5) is 5.95 Å². The van der Waals surface area contributed by atoms with E-state index in [1.807, 2.05) is 22.9 Å². The molecular weight excluding hydrogens is 295 g/mol. The second-order valence-corrected chi connectivity index (χ2v) is 5.30. The van der Waals surface area contributed by atoms with Gasteiger partial charge in [0.1, 0.15) is 0 Å². The second-order valence-electron chi connectivity index (χ2n) is 4.49. The van der Waals surface area contributed by atoms with E-state index >= 15 is 0 Å². The third-order valence-electron chi connectivity index (χ3n) is 3.17. The molecule has 3 rings (SSSR count). The van der Waals surface area contributed by atoms with Crippen LogP contribution < -0.4 is 5.73 Å². The molecule has 0 saturated heterocycles. The predicted molar refractivity (Wildman–Crippen MR) is 82.1 cm³/mol. The first-order valence-electron chi connectivity index (χ1n) is 6.15. The number of aryl methyl sites for hydroxylation is 2. The van der Waals surface area contributed by atoms with Gasteiger partial charge in [0, 0.05) is 18.9 Å². The molecule has 4 nitrogen and oxygen atoms in total. The number of pyridine rings is 1. The summed E-state index contributed by atoms with van der Waals surface area (Å²) in [6.07, 6.45) is 4.43. The van der Waals surface area contributed by atoms with E-state index in [9.17, 15) is 0 Å². The van der Waals surface area contributed by atoms with Crippen LogP contribution in [0.5, 0.6) is 0 Å². The van der Waals surface area contributed by atoms with Gasteiger partial charge in [-0.3, -0.25) is 4.98 Å². The molecule has 0 aliphatic carbocycles. The first-order chi connectivity index (χ1) is 9.65. The van der Waals surface area contributed by atoms with Crippen molar-refractivity contribution in [2.45, 2.75) is 13.0 Å². The number of fused-ring (bicyclic) bond motifs is 1. The van der Waals surface area contributed by atoms with Gasteiger partial charge in [0.2, 0.25) is 5.95 Å². The van der Waals surface area contributed by atoms with E-state index in [0.29, 0.717) is 22.5 Å². The number of aromatic nitrogens is 3. The van der Waals surface area contributed by atoms with E-state index in [4.69, 9.17) is 28.9 Å². The number of nitrogen functional groups attached to an aromatic ring is 1. The topological polar surface area (TPSA) is 56.7 Å². The van der Waals surface area contributed by atoms with Crippen LogP contribution in [0.15, 0.2) is 36.7 Å². The minimum Gasteiger partial charge on any atom is -0.369 e. The molecule has 0 saturated carbocycles. The summed E-state index contributed by atoms with van der Waals surface area (Å²) in [4.78, 5) is 8.41. The maximum atomic E-state index is 6.06. The minimum absolute atomic E-state index is 0.460. The van der Waals surface area contributed by atoms with Crippen LogP contribution in [-0.2, 0) is 13.0 Å². The zero-order valence-electron chi connectivity index (χ0n) is 10.6. The summed E-state index contributed by atoms with van der Waals surface area (Å²) in [5, 5.41) is 0.984. The first kappa shape index (κ1) is 13.2. The quantitative estimate of drug-likeness (QED) is 0.805. The molecule has 102 valence electrons. The third kappa shape index (κ3) is 2.44. The molecule has 2 heterocycles. The van der Waals surface area contributed by atoms with Gasteiger partial charge in [0.05, 0.1) is 21.1 Å². The fraction of sp³-hybridized carbons (Fsp3) is 0.143. The highest BCUT2D eigenvalue weighted by molar-refractivity contribution is 6.42. The summed E-state index contributed by atoms with van der Waals surface area (Å²) in [6, 6.07) is 7.48. The lowest BCUT2D eigenvalue weighted by Crippen LogP contribution is -2.05. The fourth-order valence-corrected chi connectivity index (χ4v) is 2.48. The second kappa shape index (κ2) is 5.31. The van der Waals surface area contributed by atoms with Gasteiger partial charge in [0.15, 0.2) is 0 Å². The number of hydrogen-bond acceptors (Lipinski definition) is 3. The summed E-state index contributed by atoms with van der Waals surface area (Å²) < 4.78 is 1.94. The molecule has 3 aromatic rings. The molecule has 0 amide bonds. The highest BCUT2D eigenvalue weighted by atomic mass is 35.5. The average molecular weight is 307 g/mol. The average Bonchev–Trinajstić information content (AvgIpc) is 2.73. The smallest absolute Gasteiger partial charge is 0.201 e. The Hall–Kier alpha value is -1.78. The van der Waals surface area contributed by atoms with Crippen molar-refractivity contribution >= 4 is 40.2 Å². The zero-order chi connectivity index (χ0) is 14.1. The molecule has 0 fully saturated rings. The highest BCUT2D eigenvalue weighted by Gasteiger charge is 2.11. The van der Waals surface area contributed by atoms with Crippen LogP contribution in [0.25, 0.3) is 11.0 Å². The first-order valence-corrected chi connectivity index (χ1v) is 6.90. The number of nitrogens with zero attached hydrogens (tertiary/aromatic N) is 3. The van der Waals surface area contributed by atoms with Crippen LogP contribution in [0, 0.1) is 0 Å². The Labute approximate surface area is 126 Å². The highest BCUT2D eigenvalue weighted by Crippen LogP contribution is 2.29. The number of hydrogen-bond donors (Lipinski definition) is 1. The van der Waals surface area contributed by atoms with Crippen LogP contribution in [0.3, 0.4) is 0 Å². The van der Waals surface area contributed by atoms with Gasteiger partial charge < -0.3 is 10.3 Å². The molecule has 0 aliphatic heterocycles. The Morgan fingerprint density at radius 1 is 1.20 bits per heavy atom. The Morgan fingerprint density at radius 2 is 2.00 bits per heavy atom. The number of benzene rings is 1. The van der Waals surface area contributed by atoms with Crippen molar-refractivity contribution in [3.05, 3.63) is 52.3 Å². The van der Waals surface area contributed by atoms with Crippen molar-refractivity contribution < 1.29 is 0 Å². The Bertz CT molecular complexity index is 753. The molecule has 2 aromatic heterocycles. The van der Waals surface area contributed by atoms with E-state index in [1.54, 1.807) is 18.3 Å². The van der Waals surface area contributed by atoms with Crippen LogP contribution >= 0.6 is 23.2 Å². The molecule has 0 atom stereocenters. The summed E-state index contributed by atoms with van der Waals surface area (Å²) in [5.41, 5.74) is 8.76. The van der Waals surface area contributed by atoms with Gasteiger partial charge >= 0.3 is 0 Å². The van der Waals surface area contributed by atoms with Gasteiger partial charge in [-0.25, -0.2) is 4.98 Å². The van der Waals surface area contributed by atoms with Gasteiger partial charge in [0.25, 0.3) is 0 Å². The van der Waals surface area contributed by atoms with E-state index in [-0.39, 0.29) is 0 Å². The Kier molecular flexibility index (Phi) is 3.51. The SMILES string of the molecule is Nc1nc2cc(Cl)c(Cl)cc2n1CCc1cccnc1. The van der Waals surface area contributed by atoms with Crippen molar-refractivity contribution in [3.63, 3.8) is 0 Å². The van der Waals surface area contributed by atoms with Crippen LogP contribution in [0.2, 0.25) is 10.0 Å². The molecule has 6 heteroatoms. The zero-order valence-corrected chi connectivity index (χ0v) is 12.1. The lowest BCUT2D eigenvalue weighted by molar-refractivity contribution is 0.724. The minimum atomic E-state index is 0.460. The lowest BCUT2D eigenvalue weighted by Gasteiger charge is -2.07. The fourth-order valence-electron chi connectivity index (χ4n) is 2.16. The summed E-state index contributed by atoms with van der Waals surface area (Å²) in [5.74, 6) is 0.460. The molecule has 0 radical (unpaired) electrons. The largest absolute Gasteiger partial charge is 0.369 e. The number of rotatable bonds is 3. The van der Waals surface area contributed by atoms with E-state index < -0.39 is 0 Å². The van der Waals surface area contributed by atoms with Crippen molar-refractivity contribution in [1.29, 1.82) is 0 Å². The normalized spacial score (nSPS) is 11.1. The molecular formula is C14H12Cl2N4. The standard InChI is InChI=1S/C14H12Cl2N4/c15-10-6-12-13(7-11(10)16)20(14(17)19-12)5-3-9-2-1-4-18-8-9/h1-2,4,6-8H,3,5H2,(H2,17,19). The van der Waals surface area contributed by atoms with E-state index in [2.05, 4.69) is 9.97 Å². The molecule has 0 unspecified atom stereocenters. The molecule has 1 aromatic carbocycles. The monoisotopic (exact) mass is 306 g/mol. The maximum Gasteiger partial charge on any atom is 0.201 e. The van der Waals surface area contributed by atoms with Crippen LogP contribution in [0.1, 0.15) is 5.56 Å². The molecule has 0 spiro atoms. The van der Waals surface area contributed by atoms with Crippen molar-refractivity contribution in [3.8, 4) is 0 Å². The predicted octanol–water partition coefficient (Wildman–Crippen LogP) is 3.56.